The normalized spacial score (nSPS) is 10.3. The molecule has 0 amide bonds. The van der Waals surface area contributed by atoms with Crippen molar-refractivity contribution in [1.82, 2.24) is 14.8 Å². The number of carboxylic acids is 1. The van der Waals surface area contributed by atoms with Gasteiger partial charge in [0.2, 0.25) is 0 Å². The quantitative estimate of drug-likeness (QED) is 0.910. The maximum absolute atomic E-state index is 10.4. The first-order valence-corrected chi connectivity index (χ1v) is 5.45. The average molecular weight is 268 g/mol. The van der Waals surface area contributed by atoms with Crippen molar-refractivity contribution >= 4 is 17.6 Å². The zero-order chi connectivity index (χ0) is 13.1. The zero-order valence-corrected chi connectivity index (χ0v) is 10.3. The fraction of sp³-hybridized carbons (Fsp3) is 0.182. The van der Waals surface area contributed by atoms with E-state index in [1.807, 2.05) is 0 Å². The lowest BCUT2D eigenvalue weighted by atomic mass is 10.2. The summed E-state index contributed by atoms with van der Waals surface area (Å²) in [6.45, 7) is -0.468. The number of hydrogen-bond donors (Lipinski definition) is 1. The number of nitrogens with zero attached hydrogens (tertiary/aromatic N) is 3. The fourth-order valence-electron chi connectivity index (χ4n) is 1.40. The van der Waals surface area contributed by atoms with Gasteiger partial charge in [-0.3, -0.25) is 0 Å². The van der Waals surface area contributed by atoms with Crippen LogP contribution in [0.1, 0.15) is 0 Å². The van der Waals surface area contributed by atoms with E-state index in [0.29, 0.717) is 10.8 Å². The number of halogens is 1. The Balaban J connectivity index is 2.23. The first kappa shape index (κ1) is 12.4. The van der Waals surface area contributed by atoms with Gasteiger partial charge < -0.3 is 9.84 Å². The van der Waals surface area contributed by atoms with E-state index in [0.717, 1.165) is 5.56 Å². The van der Waals surface area contributed by atoms with E-state index < -0.39 is 12.6 Å². The molecule has 0 atom stereocenters. The summed E-state index contributed by atoms with van der Waals surface area (Å²) in [5.74, 6) is -0.498. The minimum absolute atomic E-state index is 0.0323. The van der Waals surface area contributed by atoms with Crippen molar-refractivity contribution in [3.8, 4) is 17.4 Å². The minimum Gasteiger partial charge on any atom is -0.479 e. The highest BCUT2D eigenvalue weighted by Crippen LogP contribution is 2.21. The molecule has 7 heteroatoms. The SMILES string of the molecule is Cn1nc(OCC(=O)O)nc1-c1ccc(Cl)cc1. The van der Waals surface area contributed by atoms with Gasteiger partial charge in [0.15, 0.2) is 12.4 Å². The minimum atomic E-state index is -1.07. The molecule has 0 spiro atoms. The third-order valence-electron chi connectivity index (χ3n) is 2.17. The number of carbonyl (C=O) groups is 1. The molecule has 0 aliphatic heterocycles. The summed E-state index contributed by atoms with van der Waals surface area (Å²) < 4.78 is 6.42. The maximum Gasteiger partial charge on any atom is 0.341 e. The molecule has 1 heterocycles. The van der Waals surface area contributed by atoms with Crippen LogP contribution in [-0.4, -0.2) is 32.4 Å². The summed E-state index contributed by atoms with van der Waals surface area (Å²) in [4.78, 5) is 14.5. The molecule has 0 saturated heterocycles. The highest BCUT2D eigenvalue weighted by Gasteiger charge is 2.11. The molecule has 1 aromatic heterocycles. The van der Waals surface area contributed by atoms with Crippen molar-refractivity contribution in [2.24, 2.45) is 7.05 Å². The predicted octanol–water partition coefficient (Wildman–Crippen LogP) is 1.60. The van der Waals surface area contributed by atoms with Gasteiger partial charge in [-0.05, 0) is 24.3 Å². The zero-order valence-electron chi connectivity index (χ0n) is 9.50. The van der Waals surface area contributed by atoms with E-state index in [1.54, 1.807) is 31.3 Å². The van der Waals surface area contributed by atoms with E-state index in [9.17, 15) is 4.79 Å². The molecule has 0 bridgehead atoms. The molecular weight excluding hydrogens is 258 g/mol. The lowest BCUT2D eigenvalue weighted by Crippen LogP contribution is -2.10. The second-order valence-electron chi connectivity index (χ2n) is 3.53. The van der Waals surface area contributed by atoms with Crippen molar-refractivity contribution in [2.75, 3.05) is 6.61 Å². The Labute approximate surface area is 108 Å². The Morgan fingerprint density at radius 3 is 2.72 bits per heavy atom. The van der Waals surface area contributed by atoms with Crippen LogP contribution < -0.4 is 4.74 Å². The number of hydrogen-bond acceptors (Lipinski definition) is 4. The Morgan fingerprint density at radius 2 is 2.11 bits per heavy atom. The molecule has 2 aromatic rings. The predicted molar refractivity (Wildman–Crippen MR) is 64.6 cm³/mol. The molecular formula is C11H10ClN3O3. The summed E-state index contributed by atoms with van der Waals surface area (Å²) >= 11 is 5.80. The maximum atomic E-state index is 10.4. The summed E-state index contributed by atoms with van der Waals surface area (Å²) in [6, 6.07) is 7.11. The molecule has 0 aliphatic rings. The van der Waals surface area contributed by atoms with Crippen LogP contribution in [0.2, 0.25) is 5.02 Å². The fourth-order valence-corrected chi connectivity index (χ4v) is 1.52. The van der Waals surface area contributed by atoms with Crippen LogP contribution in [0.4, 0.5) is 0 Å². The van der Waals surface area contributed by atoms with Gasteiger partial charge in [-0.1, -0.05) is 11.6 Å². The second kappa shape index (κ2) is 5.05. The van der Waals surface area contributed by atoms with E-state index >= 15 is 0 Å². The van der Waals surface area contributed by atoms with Gasteiger partial charge in [-0.2, -0.15) is 4.98 Å². The Morgan fingerprint density at radius 1 is 1.44 bits per heavy atom. The first-order chi connectivity index (χ1) is 8.56. The highest BCUT2D eigenvalue weighted by atomic mass is 35.5. The molecule has 0 saturated carbocycles. The number of aliphatic carboxylic acids is 1. The van der Waals surface area contributed by atoms with Crippen molar-refractivity contribution in [3.05, 3.63) is 29.3 Å². The second-order valence-corrected chi connectivity index (χ2v) is 3.97. The lowest BCUT2D eigenvalue weighted by molar-refractivity contribution is -0.139. The summed E-state index contributed by atoms with van der Waals surface area (Å²) in [5.41, 5.74) is 0.819. The number of ether oxygens (including phenoxy) is 1. The number of rotatable bonds is 4. The Hall–Kier alpha value is -2.08. The Kier molecular flexibility index (Phi) is 3.47. The van der Waals surface area contributed by atoms with Crippen LogP contribution in [0.3, 0.4) is 0 Å². The van der Waals surface area contributed by atoms with Gasteiger partial charge in [0, 0.05) is 17.6 Å². The average Bonchev–Trinajstić information content (AvgIpc) is 2.69. The number of aromatic nitrogens is 3. The standard InChI is InChI=1S/C11H10ClN3O3/c1-15-10(7-2-4-8(12)5-3-7)13-11(14-15)18-6-9(16)17/h2-5H,6H2,1H3,(H,16,17). The monoisotopic (exact) mass is 267 g/mol. The van der Waals surface area contributed by atoms with Gasteiger partial charge in [0.05, 0.1) is 0 Å². The molecule has 94 valence electrons. The molecule has 6 nitrogen and oxygen atoms in total. The largest absolute Gasteiger partial charge is 0.479 e. The van der Waals surface area contributed by atoms with Crippen LogP contribution in [-0.2, 0) is 11.8 Å². The van der Waals surface area contributed by atoms with Crippen LogP contribution in [0.15, 0.2) is 24.3 Å². The topological polar surface area (TPSA) is 77.2 Å². The molecule has 0 aliphatic carbocycles. The lowest BCUT2D eigenvalue weighted by Gasteiger charge is -1.98. The third kappa shape index (κ3) is 2.78. The molecule has 0 fully saturated rings. The summed E-state index contributed by atoms with van der Waals surface area (Å²) in [7, 11) is 1.70. The van der Waals surface area contributed by atoms with Crippen molar-refractivity contribution in [1.29, 1.82) is 0 Å². The number of benzene rings is 1. The number of carboxylic acid groups (broad SMARTS) is 1. The highest BCUT2D eigenvalue weighted by molar-refractivity contribution is 6.30. The van der Waals surface area contributed by atoms with E-state index in [-0.39, 0.29) is 6.01 Å². The van der Waals surface area contributed by atoms with E-state index in [1.165, 1.54) is 4.68 Å². The first-order valence-electron chi connectivity index (χ1n) is 5.08. The van der Waals surface area contributed by atoms with Crippen LogP contribution in [0, 0.1) is 0 Å². The van der Waals surface area contributed by atoms with Crippen molar-refractivity contribution < 1.29 is 14.6 Å². The van der Waals surface area contributed by atoms with E-state index in [4.69, 9.17) is 21.4 Å². The van der Waals surface area contributed by atoms with Crippen LogP contribution in [0.25, 0.3) is 11.4 Å². The molecule has 1 aromatic carbocycles. The molecule has 0 radical (unpaired) electrons. The molecule has 2 rings (SSSR count). The smallest absolute Gasteiger partial charge is 0.341 e. The van der Waals surface area contributed by atoms with E-state index in [2.05, 4.69) is 10.1 Å². The van der Waals surface area contributed by atoms with Gasteiger partial charge in [0.1, 0.15) is 0 Å². The molecule has 1 N–H and O–H groups in total. The molecule has 18 heavy (non-hydrogen) atoms. The molecule has 0 unspecified atom stereocenters. The van der Waals surface area contributed by atoms with Crippen molar-refractivity contribution in [3.63, 3.8) is 0 Å². The number of aryl methyl sites for hydroxylation is 1. The van der Waals surface area contributed by atoms with Crippen molar-refractivity contribution in [2.45, 2.75) is 0 Å². The van der Waals surface area contributed by atoms with Crippen LogP contribution in [0.5, 0.6) is 6.01 Å². The van der Waals surface area contributed by atoms with Gasteiger partial charge in [0.25, 0.3) is 0 Å². The van der Waals surface area contributed by atoms with Gasteiger partial charge in [-0.15, -0.1) is 5.10 Å². The van der Waals surface area contributed by atoms with Crippen LogP contribution >= 0.6 is 11.6 Å². The van der Waals surface area contributed by atoms with Gasteiger partial charge in [-0.25, -0.2) is 9.48 Å². The third-order valence-corrected chi connectivity index (χ3v) is 2.42. The summed E-state index contributed by atoms with van der Waals surface area (Å²) in [6.07, 6.45) is 0. The summed E-state index contributed by atoms with van der Waals surface area (Å²) in [5, 5.41) is 13.1. The van der Waals surface area contributed by atoms with Gasteiger partial charge >= 0.3 is 12.0 Å². The Bertz CT molecular complexity index is 565.